The number of amides is 1. The normalized spacial score (nSPS) is 18.3. The molecule has 0 aliphatic carbocycles. The number of carbonyl (C=O) groups excluding carboxylic acids is 1. The predicted octanol–water partition coefficient (Wildman–Crippen LogP) is 5.42. The second kappa shape index (κ2) is 9.97. The molecule has 5 heteroatoms. The van der Waals surface area contributed by atoms with E-state index in [1.54, 1.807) is 0 Å². The summed E-state index contributed by atoms with van der Waals surface area (Å²) in [7, 11) is 0. The van der Waals surface area contributed by atoms with Gasteiger partial charge in [-0.2, -0.15) is 0 Å². The minimum Gasteiger partial charge on any atom is -0.351 e. The molecule has 1 heterocycles. The molecular weight excluding hydrogens is 382 g/mol. The third kappa shape index (κ3) is 4.96. The Morgan fingerprint density at radius 3 is 2.24 bits per heavy atom. The third-order valence-corrected chi connectivity index (χ3v) is 6.72. The molecule has 2 rings (SSSR count). The van der Waals surface area contributed by atoms with E-state index < -0.39 is 5.41 Å². The lowest BCUT2D eigenvalue weighted by Crippen LogP contribution is -2.54. The highest BCUT2D eigenvalue weighted by atomic mass is 35.5. The van der Waals surface area contributed by atoms with Gasteiger partial charge in [0, 0.05) is 24.2 Å². The zero-order valence-electron chi connectivity index (χ0n) is 19.1. The number of anilines is 1. The van der Waals surface area contributed by atoms with Crippen molar-refractivity contribution in [2.75, 3.05) is 17.3 Å². The number of hydrogen-bond acceptors (Lipinski definition) is 3. The highest BCUT2D eigenvalue weighted by Gasteiger charge is 2.47. The molecule has 4 nitrogen and oxygen atoms in total. The summed E-state index contributed by atoms with van der Waals surface area (Å²) in [6.45, 7) is 15.7. The van der Waals surface area contributed by atoms with E-state index >= 15 is 0 Å². The van der Waals surface area contributed by atoms with Crippen molar-refractivity contribution in [1.82, 2.24) is 5.32 Å². The van der Waals surface area contributed by atoms with E-state index in [9.17, 15) is 4.79 Å². The Morgan fingerprint density at radius 2 is 1.79 bits per heavy atom. The molecule has 162 valence electrons. The number of benzene rings is 1. The van der Waals surface area contributed by atoms with Crippen molar-refractivity contribution in [2.24, 2.45) is 22.2 Å². The number of amidine groups is 1. The van der Waals surface area contributed by atoms with Gasteiger partial charge in [-0.1, -0.05) is 59.2 Å². The molecule has 0 bridgehead atoms. The SMILES string of the molecule is CCC(CC)(C(=O)N[C@H](CCl)C(C)C)C1=N[C@@H](C(C)C)CN1c1ccc(C)cc1. The lowest BCUT2D eigenvalue weighted by Gasteiger charge is -2.37. The molecule has 1 aliphatic rings. The van der Waals surface area contributed by atoms with Crippen LogP contribution in [-0.2, 0) is 4.79 Å². The fraction of sp³-hybridized carbons (Fsp3) is 0.667. The zero-order chi connectivity index (χ0) is 21.8. The highest BCUT2D eigenvalue weighted by molar-refractivity contribution is 6.19. The second-order valence-electron chi connectivity index (χ2n) is 8.98. The monoisotopic (exact) mass is 419 g/mol. The van der Waals surface area contributed by atoms with Crippen LogP contribution in [0, 0.1) is 24.2 Å². The standard InChI is InChI=1S/C24H38ClN3O/c1-8-24(9-2,23(29)27-20(14-25)16(3)4)22-26-21(17(5)6)15-28(22)19-12-10-18(7)11-13-19/h10-13,16-17,20-21H,8-9,14-15H2,1-7H3,(H,27,29)/t20-,21-/m1/s1. The van der Waals surface area contributed by atoms with Crippen molar-refractivity contribution in [3.05, 3.63) is 29.8 Å². The van der Waals surface area contributed by atoms with Crippen LogP contribution in [0.1, 0.15) is 59.9 Å². The van der Waals surface area contributed by atoms with Crippen LogP contribution in [0.25, 0.3) is 0 Å². The number of nitrogens with zero attached hydrogens (tertiary/aromatic N) is 2. The van der Waals surface area contributed by atoms with Crippen LogP contribution in [0.3, 0.4) is 0 Å². The van der Waals surface area contributed by atoms with Crippen molar-refractivity contribution in [1.29, 1.82) is 0 Å². The zero-order valence-corrected chi connectivity index (χ0v) is 19.9. The first-order valence-corrected chi connectivity index (χ1v) is 11.5. The van der Waals surface area contributed by atoms with E-state index in [0.717, 1.165) is 18.1 Å². The van der Waals surface area contributed by atoms with Crippen LogP contribution in [0.4, 0.5) is 5.69 Å². The van der Waals surface area contributed by atoms with Gasteiger partial charge in [0.1, 0.15) is 11.3 Å². The van der Waals surface area contributed by atoms with Gasteiger partial charge in [0.2, 0.25) is 5.91 Å². The number of halogens is 1. The van der Waals surface area contributed by atoms with Crippen LogP contribution in [0.15, 0.2) is 29.3 Å². The maximum absolute atomic E-state index is 13.6. The Labute approximate surface area is 182 Å². The molecule has 29 heavy (non-hydrogen) atoms. The molecule has 0 saturated heterocycles. The van der Waals surface area contributed by atoms with E-state index in [1.807, 2.05) is 0 Å². The van der Waals surface area contributed by atoms with Crippen LogP contribution in [0.2, 0.25) is 0 Å². The summed E-state index contributed by atoms with van der Waals surface area (Å²) >= 11 is 6.15. The van der Waals surface area contributed by atoms with E-state index in [0.29, 0.717) is 24.6 Å². The Kier molecular flexibility index (Phi) is 8.16. The van der Waals surface area contributed by atoms with Gasteiger partial charge in [0.25, 0.3) is 0 Å². The average molecular weight is 420 g/mol. The smallest absolute Gasteiger partial charge is 0.234 e. The molecule has 0 aromatic heterocycles. The van der Waals surface area contributed by atoms with Gasteiger partial charge in [-0.25, -0.2) is 0 Å². The number of carbonyl (C=O) groups is 1. The van der Waals surface area contributed by atoms with Crippen molar-refractivity contribution in [3.8, 4) is 0 Å². The first kappa shape index (κ1) is 23.7. The molecule has 0 spiro atoms. The van der Waals surface area contributed by atoms with Gasteiger partial charge in [-0.3, -0.25) is 9.79 Å². The average Bonchev–Trinajstić information content (AvgIpc) is 3.14. The number of hydrogen-bond donors (Lipinski definition) is 1. The fourth-order valence-electron chi connectivity index (χ4n) is 3.91. The molecule has 1 aromatic carbocycles. The van der Waals surface area contributed by atoms with Gasteiger partial charge < -0.3 is 10.2 Å². The quantitative estimate of drug-likeness (QED) is 0.543. The molecule has 1 amide bonds. The Morgan fingerprint density at radius 1 is 1.21 bits per heavy atom. The van der Waals surface area contributed by atoms with Crippen LogP contribution in [-0.4, -0.2) is 36.3 Å². The first-order valence-electron chi connectivity index (χ1n) is 11.0. The summed E-state index contributed by atoms with van der Waals surface area (Å²) in [5, 5.41) is 3.23. The topological polar surface area (TPSA) is 44.7 Å². The van der Waals surface area contributed by atoms with Crippen LogP contribution in [0.5, 0.6) is 0 Å². The van der Waals surface area contributed by atoms with Crippen molar-refractivity contribution < 1.29 is 4.79 Å². The van der Waals surface area contributed by atoms with Gasteiger partial charge in [-0.05, 0) is 43.7 Å². The van der Waals surface area contributed by atoms with E-state index in [2.05, 4.69) is 82.9 Å². The Bertz CT molecular complexity index is 707. The van der Waals surface area contributed by atoms with Crippen molar-refractivity contribution in [3.63, 3.8) is 0 Å². The fourth-order valence-corrected chi connectivity index (χ4v) is 4.35. The maximum atomic E-state index is 13.6. The van der Waals surface area contributed by atoms with Crippen LogP contribution < -0.4 is 10.2 Å². The molecule has 1 aliphatic heterocycles. The molecular formula is C24H38ClN3O. The summed E-state index contributed by atoms with van der Waals surface area (Å²) < 4.78 is 0. The number of alkyl halides is 1. The second-order valence-corrected chi connectivity index (χ2v) is 9.29. The minimum absolute atomic E-state index is 0.0436. The molecule has 1 aromatic rings. The van der Waals surface area contributed by atoms with Gasteiger partial charge in [0.05, 0.1) is 6.04 Å². The summed E-state index contributed by atoms with van der Waals surface area (Å²) in [4.78, 5) is 21.0. The van der Waals surface area contributed by atoms with Crippen molar-refractivity contribution >= 4 is 29.0 Å². The summed E-state index contributed by atoms with van der Waals surface area (Å²) in [5.74, 6) is 2.06. The number of aryl methyl sites for hydroxylation is 1. The molecule has 0 unspecified atom stereocenters. The molecule has 0 radical (unpaired) electrons. The summed E-state index contributed by atoms with van der Waals surface area (Å²) in [6.07, 6.45) is 1.41. The number of rotatable bonds is 9. The molecule has 1 N–H and O–H groups in total. The third-order valence-electron chi connectivity index (χ3n) is 6.39. The summed E-state index contributed by atoms with van der Waals surface area (Å²) in [6, 6.07) is 8.66. The first-order chi connectivity index (χ1) is 13.7. The highest BCUT2D eigenvalue weighted by Crippen LogP contribution is 2.37. The van der Waals surface area contributed by atoms with E-state index in [4.69, 9.17) is 16.6 Å². The predicted molar refractivity (Wildman–Crippen MR) is 125 cm³/mol. The van der Waals surface area contributed by atoms with E-state index in [1.165, 1.54) is 5.56 Å². The van der Waals surface area contributed by atoms with Gasteiger partial charge >= 0.3 is 0 Å². The largest absolute Gasteiger partial charge is 0.351 e. The maximum Gasteiger partial charge on any atom is 0.234 e. The Balaban J connectivity index is 2.48. The van der Waals surface area contributed by atoms with Gasteiger partial charge in [0.15, 0.2) is 0 Å². The number of nitrogens with one attached hydrogen (secondary N) is 1. The molecule has 2 atom stereocenters. The molecule has 0 saturated carbocycles. The Hall–Kier alpha value is -1.55. The van der Waals surface area contributed by atoms with E-state index in [-0.39, 0.29) is 23.9 Å². The lowest BCUT2D eigenvalue weighted by molar-refractivity contribution is -0.128. The summed E-state index contributed by atoms with van der Waals surface area (Å²) in [5.41, 5.74) is 1.67. The van der Waals surface area contributed by atoms with Gasteiger partial charge in [-0.15, -0.1) is 11.6 Å². The minimum atomic E-state index is -0.659. The molecule has 0 fully saturated rings. The number of aliphatic imine (C=N–C) groups is 1. The van der Waals surface area contributed by atoms with Crippen LogP contribution >= 0.6 is 11.6 Å². The van der Waals surface area contributed by atoms with Crippen molar-refractivity contribution in [2.45, 2.75) is 73.4 Å². The lowest BCUT2D eigenvalue weighted by atomic mass is 9.78.